The molecule has 0 aliphatic rings. The van der Waals surface area contributed by atoms with Crippen LogP contribution in [0, 0.1) is 6.92 Å². The van der Waals surface area contributed by atoms with Crippen molar-refractivity contribution in [2.24, 2.45) is 10.2 Å². The highest BCUT2D eigenvalue weighted by Crippen LogP contribution is 2.26. The third-order valence-electron chi connectivity index (χ3n) is 10.8. The van der Waals surface area contributed by atoms with Crippen LogP contribution in [0.25, 0.3) is 0 Å². The fraction of sp³-hybridized carbons (Fsp3) is 0.418. The minimum atomic E-state index is -3.55. The molecule has 0 spiro atoms. The van der Waals surface area contributed by atoms with Gasteiger partial charge in [0.2, 0.25) is 9.84 Å². The number of hydrogen-bond acceptors (Lipinski definition) is 12. The molecule has 12 nitrogen and oxygen atoms in total. The summed E-state index contributed by atoms with van der Waals surface area (Å²) in [7, 11) is -0.987. The lowest BCUT2D eigenvalue weighted by molar-refractivity contribution is 0.0598. The Kier molecular flexibility index (Phi) is 24.8. The highest BCUT2D eigenvalue weighted by molar-refractivity contribution is 7.91. The number of ether oxygens (including phenoxy) is 6. The molecule has 0 amide bonds. The number of aryl methyl sites for hydroxylation is 1. The van der Waals surface area contributed by atoms with E-state index in [-0.39, 0.29) is 20.9 Å². The molecular formula is C55H70N2O10S. The maximum absolute atomic E-state index is 12.9. The molecule has 0 saturated carbocycles. The molecule has 0 N–H and O–H groups in total. The average Bonchev–Trinajstić information content (AvgIpc) is 3.37. The van der Waals surface area contributed by atoms with Gasteiger partial charge in [-0.25, -0.2) is 18.0 Å². The van der Waals surface area contributed by atoms with E-state index in [1.54, 1.807) is 60.7 Å². The summed E-state index contributed by atoms with van der Waals surface area (Å²) in [6.07, 6.45) is 15.5. The van der Waals surface area contributed by atoms with Gasteiger partial charge in [-0.2, -0.15) is 10.2 Å². The van der Waals surface area contributed by atoms with Crippen LogP contribution >= 0.6 is 0 Å². The zero-order valence-electron chi connectivity index (χ0n) is 40.6. The fourth-order valence-corrected chi connectivity index (χ4v) is 8.05. The molecule has 5 aromatic rings. The Labute approximate surface area is 404 Å². The van der Waals surface area contributed by atoms with E-state index in [1.165, 1.54) is 77.2 Å². The van der Waals surface area contributed by atoms with E-state index in [1.807, 2.05) is 55.5 Å². The molecule has 366 valence electrons. The monoisotopic (exact) mass is 950 g/mol. The van der Waals surface area contributed by atoms with Crippen molar-refractivity contribution in [2.75, 3.05) is 40.6 Å². The number of carbonyl (C=O) groups excluding carboxylic acids is 2. The van der Waals surface area contributed by atoms with Crippen LogP contribution < -0.4 is 18.9 Å². The van der Waals surface area contributed by atoms with Gasteiger partial charge in [0.25, 0.3) is 0 Å². The second-order valence-electron chi connectivity index (χ2n) is 16.3. The van der Waals surface area contributed by atoms with Crippen molar-refractivity contribution < 1.29 is 46.4 Å². The Morgan fingerprint density at radius 3 is 1.10 bits per heavy atom. The first-order valence-corrected chi connectivity index (χ1v) is 25.4. The van der Waals surface area contributed by atoms with E-state index in [4.69, 9.17) is 28.4 Å². The Morgan fingerprint density at radius 2 is 0.750 bits per heavy atom. The van der Waals surface area contributed by atoms with Gasteiger partial charge in [0, 0.05) is 0 Å². The summed E-state index contributed by atoms with van der Waals surface area (Å²) < 4.78 is 58.3. The number of hydrogen-bond donors (Lipinski definition) is 0. The van der Waals surface area contributed by atoms with E-state index < -0.39 is 21.8 Å². The Balaban J connectivity index is 0.000000301. The molecule has 13 heteroatoms. The molecule has 0 bridgehead atoms. The highest BCUT2D eigenvalue weighted by Gasteiger charge is 2.18. The normalized spacial score (nSPS) is 11.1. The highest BCUT2D eigenvalue weighted by atomic mass is 32.2. The van der Waals surface area contributed by atoms with Crippen LogP contribution in [0.4, 0.5) is 11.4 Å². The lowest BCUT2D eigenvalue weighted by Crippen LogP contribution is -2.08. The van der Waals surface area contributed by atoms with Crippen molar-refractivity contribution in [3.8, 4) is 23.0 Å². The van der Waals surface area contributed by atoms with Crippen molar-refractivity contribution in [1.29, 1.82) is 0 Å². The fourth-order valence-electron chi connectivity index (χ4n) is 6.78. The number of methoxy groups -OCH3 is 2. The third kappa shape index (κ3) is 19.9. The minimum absolute atomic E-state index is 0.236. The van der Waals surface area contributed by atoms with Crippen molar-refractivity contribution in [2.45, 2.75) is 120 Å². The molecule has 0 saturated heterocycles. The van der Waals surface area contributed by atoms with Crippen LogP contribution in [-0.2, 0) is 19.3 Å². The van der Waals surface area contributed by atoms with E-state index in [0.717, 1.165) is 55.6 Å². The molecule has 0 heterocycles. The summed E-state index contributed by atoms with van der Waals surface area (Å²) in [6.45, 7) is 8.84. The molecule has 5 rings (SSSR count). The van der Waals surface area contributed by atoms with E-state index >= 15 is 0 Å². The van der Waals surface area contributed by atoms with Crippen molar-refractivity contribution in [3.05, 3.63) is 132 Å². The van der Waals surface area contributed by atoms with Crippen LogP contribution in [-0.4, -0.2) is 61.0 Å². The Hall–Kier alpha value is -6.21. The molecule has 0 aliphatic carbocycles. The van der Waals surface area contributed by atoms with Crippen molar-refractivity contribution >= 4 is 33.2 Å². The SMILES string of the molecule is CCCCCCCOc1ccc(S(=O)(=O)c2ccc(OCCCCCCC)cc2)cc1.COC(=O)c1cc(OCCCCCCOc2ccc(N=Nc3ccc(C)cc3)cc2)cc(C(=O)OC)c1. The molecular weight excluding hydrogens is 881 g/mol. The van der Waals surface area contributed by atoms with E-state index in [9.17, 15) is 18.0 Å². The minimum Gasteiger partial charge on any atom is -0.494 e. The second-order valence-corrected chi connectivity index (χ2v) is 18.3. The molecule has 0 aromatic heterocycles. The summed E-state index contributed by atoms with van der Waals surface area (Å²) in [5.41, 5.74) is 3.24. The van der Waals surface area contributed by atoms with Gasteiger partial charge in [-0.1, -0.05) is 82.9 Å². The second kappa shape index (κ2) is 31.0. The average molecular weight is 951 g/mol. The first-order chi connectivity index (χ1) is 33.1. The van der Waals surface area contributed by atoms with Crippen molar-refractivity contribution in [3.63, 3.8) is 0 Å². The Morgan fingerprint density at radius 1 is 0.426 bits per heavy atom. The summed E-state index contributed by atoms with van der Waals surface area (Å²) in [5, 5.41) is 8.50. The topological polar surface area (TPSA) is 148 Å². The lowest BCUT2D eigenvalue weighted by Gasteiger charge is -2.10. The third-order valence-corrected chi connectivity index (χ3v) is 12.6. The summed E-state index contributed by atoms with van der Waals surface area (Å²) >= 11 is 0. The van der Waals surface area contributed by atoms with E-state index in [0.29, 0.717) is 43.7 Å². The predicted molar refractivity (Wildman–Crippen MR) is 267 cm³/mol. The van der Waals surface area contributed by atoms with Gasteiger partial charge in [-0.05, 0) is 149 Å². The van der Waals surface area contributed by atoms with Crippen LogP contribution in [0.5, 0.6) is 23.0 Å². The van der Waals surface area contributed by atoms with Gasteiger partial charge < -0.3 is 28.4 Å². The number of sulfone groups is 1. The first kappa shape index (κ1) is 54.4. The number of rotatable bonds is 29. The van der Waals surface area contributed by atoms with E-state index in [2.05, 4.69) is 24.1 Å². The van der Waals surface area contributed by atoms with Gasteiger partial charge >= 0.3 is 11.9 Å². The van der Waals surface area contributed by atoms with Gasteiger partial charge in [-0.3, -0.25) is 0 Å². The lowest BCUT2D eigenvalue weighted by atomic mass is 10.1. The zero-order valence-corrected chi connectivity index (χ0v) is 41.4. The van der Waals surface area contributed by atoms with Crippen LogP contribution in [0.15, 0.2) is 135 Å². The number of azo groups is 1. The standard InChI is InChI=1S/C29H32N2O6.C26H38O4S/c1-21-8-10-24(11-9-21)30-31-25-12-14-26(15-13-25)36-16-6-4-5-7-17-37-27-19-22(28(32)34-2)18-23(20-27)29(33)35-3;1-3-5-7-9-11-21-29-23-13-17-25(18-14-23)31(27,28)26-19-15-24(16-20-26)30-22-12-10-8-6-4-2/h8-15,18-20H,4-7,16-17H2,1-3H3;13-20H,3-12,21-22H2,1-2H3. The van der Waals surface area contributed by atoms with Gasteiger partial charge in [-0.15, -0.1) is 0 Å². The molecule has 0 fully saturated rings. The van der Waals surface area contributed by atoms with Gasteiger partial charge in [0.1, 0.15) is 23.0 Å². The molecule has 5 aromatic carbocycles. The maximum Gasteiger partial charge on any atom is 0.338 e. The van der Waals surface area contributed by atoms with Crippen molar-refractivity contribution in [1.82, 2.24) is 0 Å². The number of carbonyl (C=O) groups is 2. The van der Waals surface area contributed by atoms with Crippen LogP contribution in [0.3, 0.4) is 0 Å². The van der Waals surface area contributed by atoms with Gasteiger partial charge in [0.15, 0.2) is 0 Å². The summed E-state index contributed by atoms with van der Waals surface area (Å²) in [6, 6.07) is 33.3. The summed E-state index contributed by atoms with van der Waals surface area (Å²) in [4.78, 5) is 24.3. The van der Waals surface area contributed by atoms with Crippen LogP contribution in [0.1, 0.15) is 130 Å². The van der Waals surface area contributed by atoms with Gasteiger partial charge in [0.05, 0.1) is 72.9 Å². The molecule has 0 atom stereocenters. The smallest absolute Gasteiger partial charge is 0.338 e. The Bertz CT molecular complexity index is 2250. The molecule has 0 unspecified atom stereocenters. The molecule has 0 aliphatic heterocycles. The number of esters is 2. The predicted octanol–water partition coefficient (Wildman–Crippen LogP) is 14.2. The molecule has 68 heavy (non-hydrogen) atoms. The zero-order chi connectivity index (χ0) is 48.8. The maximum atomic E-state index is 12.9. The van der Waals surface area contributed by atoms with Crippen LogP contribution in [0.2, 0.25) is 0 Å². The number of benzene rings is 5. The number of unbranched alkanes of at least 4 members (excludes halogenated alkanes) is 11. The first-order valence-electron chi connectivity index (χ1n) is 23.9. The summed E-state index contributed by atoms with van der Waals surface area (Å²) in [5.74, 6) is 1.54. The number of nitrogens with zero attached hydrogens (tertiary/aromatic N) is 2. The quantitative estimate of drug-likeness (QED) is 0.0258. The largest absolute Gasteiger partial charge is 0.494 e. The molecule has 0 radical (unpaired) electrons.